The Hall–Kier alpha value is 0.400. The lowest BCUT2D eigenvalue weighted by atomic mass is 9.67. The van der Waals surface area contributed by atoms with Gasteiger partial charge in [-0.3, -0.25) is 0 Å². The summed E-state index contributed by atoms with van der Waals surface area (Å²) >= 11 is 3.83. The van der Waals surface area contributed by atoms with Crippen molar-refractivity contribution in [2.24, 2.45) is 23.2 Å². The summed E-state index contributed by atoms with van der Waals surface area (Å²) < 4.78 is 11.9. The minimum atomic E-state index is -0.292. The van der Waals surface area contributed by atoms with Gasteiger partial charge in [0.05, 0.1) is 18.0 Å². The molecule has 2 saturated carbocycles. The maximum atomic E-state index is 5.94. The fourth-order valence-corrected chi connectivity index (χ4v) is 5.45. The first kappa shape index (κ1) is 10.5. The quantitative estimate of drug-likeness (QED) is 0.633. The van der Waals surface area contributed by atoms with Crippen molar-refractivity contribution in [3.8, 4) is 0 Å². The third-order valence-electron chi connectivity index (χ3n) is 5.23. The largest absolute Gasteiger partial charge is 0.346 e. The highest BCUT2D eigenvalue weighted by Crippen LogP contribution is 2.66. The van der Waals surface area contributed by atoms with Crippen LogP contribution in [0.25, 0.3) is 0 Å². The summed E-state index contributed by atoms with van der Waals surface area (Å²) in [5.74, 6) is 1.66. The molecule has 1 heterocycles. The van der Waals surface area contributed by atoms with E-state index >= 15 is 0 Å². The molecule has 0 aromatic heterocycles. The van der Waals surface area contributed by atoms with Gasteiger partial charge in [0, 0.05) is 5.92 Å². The van der Waals surface area contributed by atoms with E-state index in [0.717, 1.165) is 13.2 Å². The molecule has 4 atom stereocenters. The third-order valence-corrected chi connectivity index (χ3v) is 6.51. The Bertz CT molecular complexity index is 283. The minimum absolute atomic E-state index is 0.292. The Morgan fingerprint density at radius 1 is 1.13 bits per heavy atom. The number of hydrogen-bond acceptors (Lipinski definition) is 2. The average Bonchev–Trinajstić information content (AvgIpc) is 2.80. The van der Waals surface area contributed by atoms with Crippen molar-refractivity contribution in [3.63, 3.8) is 0 Å². The van der Waals surface area contributed by atoms with Gasteiger partial charge in [-0.25, -0.2) is 0 Å². The van der Waals surface area contributed by atoms with Crippen LogP contribution in [0.3, 0.4) is 0 Å². The van der Waals surface area contributed by atoms with Gasteiger partial charge in [0.25, 0.3) is 0 Å². The molecule has 86 valence electrons. The Balaban J connectivity index is 1.99. The van der Waals surface area contributed by atoms with Crippen LogP contribution in [-0.4, -0.2) is 23.8 Å². The van der Waals surface area contributed by atoms with E-state index in [1.54, 1.807) is 0 Å². The van der Waals surface area contributed by atoms with Crippen molar-refractivity contribution < 1.29 is 9.47 Å². The number of fused-ring (bicyclic) bond motifs is 3. The van der Waals surface area contributed by atoms with Gasteiger partial charge in [-0.05, 0) is 23.7 Å². The van der Waals surface area contributed by atoms with Crippen molar-refractivity contribution in [1.29, 1.82) is 0 Å². The first-order chi connectivity index (χ1) is 7.00. The number of hydrogen-bond donors (Lipinski definition) is 0. The number of ether oxygens (including phenoxy) is 2. The Labute approximate surface area is 99.8 Å². The standard InChI is InChI=1S/C12H19BrO2/c1-7-8-6-9(11(7,2)3)10(13)12(8)14-4-5-15-12/h7-10H,4-6H2,1-3H3/t7-,8-,9+,10-/m1/s1. The third kappa shape index (κ3) is 1.07. The van der Waals surface area contributed by atoms with Gasteiger partial charge in [0.15, 0.2) is 5.79 Å². The van der Waals surface area contributed by atoms with Crippen molar-refractivity contribution in [2.75, 3.05) is 13.2 Å². The Kier molecular flexibility index (Phi) is 2.10. The molecule has 0 amide bonds. The van der Waals surface area contributed by atoms with Gasteiger partial charge in [-0.2, -0.15) is 0 Å². The van der Waals surface area contributed by atoms with E-state index in [9.17, 15) is 0 Å². The molecule has 1 saturated heterocycles. The molecule has 3 heteroatoms. The summed E-state index contributed by atoms with van der Waals surface area (Å²) in [6.07, 6.45) is 1.25. The van der Waals surface area contributed by atoms with E-state index in [4.69, 9.17) is 9.47 Å². The summed E-state index contributed by atoms with van der Waals surface area (Å²) in [6, 6.07) is 0. The van der Waals surface area contributed by atoms with Gasteiger partial charge < -0.3 is 9.47 Å². The fourth-order valence-electron chi connectivity index (χ4n) is 3.95. The van der Waals surface area contributed by atoms with E-state index in [1.165, 1.54) is 6.42 Å². The average molecular weight is 275 g/mol. The molecule has 0 aromatic rings. The predicted molar refractivity (Wildman–Crippen MR) is 61.9 cm³/mol. The normalized spacial score (nSPS) is 50.4. The van der Waals surface area contributed by atoms with Crippen LogP contribution in [0, 0.1) is 23.2 Å². The highest BCUT2D eigenvalue weighted by Gasteiger charge is 2.69. The molecule has 1 spiro atoms. The van der Waals surface area contributed by atoms with Crippen LogP contribution < -0.4 is 0 Å². The molecule has 0 aromatic carbocycles. The fraction of sp³-hybridized carbons (Fsp3) is 1.00. The molecule has 1 aliphatic heterocycles. The molecule has 3 aliphatic rings. The Morgan fingerprint density at radius 2 is 1.73 bits per heavy atom. The van der Waals surface area contributed by atoms with E-state index < -0.39 is 0 Å². The first-order valence-electron chi connectivity index (χ1n) is 5.92. The second-order valence-corrected chi connectivity index (χ2v) is 6.87. The topological polar surface area (TPSA) is 18.5 Å². The number of rotatable bonds is 0. The molecule has 2 aliphatic carbocycles. The summed E-state index contributed by atoms with van der Waals surface area (Å²) in [7, 11) is 0. The van der Waals surface area contributed by atoms with E-state index in [1.807, 2.05) is 0 Å². The van der Waals surface area contributed by atoms with Crippen molar-refractivity contribution in [2.45, 2.75) is 37.8 Å². The van der Waals surface area contributed by atoms with Crippen molar-refractivity contribution >= 4 is 15.9 Å². The van der Waals surface area contributed by atoms with E-state index in [0.29, 0.717) is 28.0 Å². The zero-order valence-electron chi connectivity index (χ0n) is 9.63. The predicted octanol–water partition coefficient (Wildman–Crippen LogP) is 2.81. The van der Waals surface area contributed by atoms with E-state index in [2.05, 4.69) is 36.7 Å². The summed E-state index contributed by atoms with van der Waals surface area (Å²) in [6.45, 7) is 8.66. The zero-order valence-corrected chi connectivity index (χ0v) is 11.2. The van der Waals surface area contributed by atoms with Gasteiger partial charge in [-0.15, -0.1) is 0 Å². The minimum Gasteiger partial charge on any atom is -0.346 e. The molecule has 3 rings (SSSR count). The van der Waals surface area contributed by atoms with Crippen molar-refractivity contribution in [3.05, 3.63) is 0 Å². The first-order valence-corrected chi connectivity index (χ1v) is 6.83. The molecule has 2 bridgehead atoms. The van der Waals surface area contributed by atoms with Crippen LogP contribution in [0.15, 0.2) is 0 Å². The second kappa shape index (κ2) is 2.99. The lowest BCUT2D eigenvalue weighted by Crippen LogP contribution is -2.53. The maximum Gasteiger partial charge on any atom is 0.184 e. The van der Waals surface area contributed by atoms with Crippen LogP contribution in [0.5, 0.6) is 0 Å². The SMILES string of the molecule is C[C@@H]1[C@H]2C[C@@H]([C@@H](Br)C23OCCO3)C1(C)C. The molecular formula is C12H19BrO2. The van der Waals surface area contributed by atoms with Crippen LogP contribution in [0.4, 0.5) is 0 Å². The molecular weight excluding hydrogens is 256 g/mol. The summed E-state index contributed by atoms with van der Waals surface area (Å²) in [5.41, 5.74) is 0.416. The summed E-state index contributed by atoms with van der Waals surface area (Å²) in [5, 5.41) is 0. The van der Waals surface area contributed by atoms with Gasteiger partial charge in [0.1, 0.15) is 0 Å². The molecule has 2 nitrogen and oxygen atoms in total. The lowest BCUT2D eigenvalue weighted by Gasteiger charge is -2.47. The number of halogens is 1. The van der Waals surface area contributed by atoms with Crippen LogP contribution >= 0.6 is 15.9 Å². The highest BCUT2D eigenvalue weighted by molar-refractivity contribution is 9.09. The lowest BCUT2D eigenvalue weighted by molar-refractivity contribution is -0.208. The second-order valence-electron chi connectivity index (χ2n) is 5.88. The van der Waals surface area contributed by atoms with Crippen LogP contribution in [-0.2, 0) is 9.47 Å². The highest BCUT2D eigenvalue weighted by atomic mass is 79.9. The Morgan fingerprint density at radius 3 is 2.27 bits per heavy atom. The van der Waals surface area contributed by atoms with Gasteiger partial charge >= 0.3 is 0 Å². The molecule has 0 N–H and O–H groups in total. The van der Waals surface area contributed by atoms with Crippen LogP contribution in [0.1, 0.15) is 27.2 Å². The number of alkyl halides is 1. The molecule has 15 heavy (non-hydrogen) atoms. The molecule has 0 unspecified atom stereocenters. The zero-order chi connectivity index (χ0) is 10.8. The van der Waals surface area contributed by atoms with Crippen LogP contribution in [0.2, 0.25) is 0 Å². The van der Waals surface area contributed by atoms with Gasteiger partial charge in [-0.1, -0.05) is 36.7 Å². The van der Waals surface area contributed by atoms with Gasteiger partial charge in [0.2, 0.25) is 0 Å². The monoisotopic (exact) mass is 274 g/mol. The van der Waals surface area contributed by atoms with Crippen molar-refractivity contribution in [1.82, 2.24) is 0 Å². The maximum absolute atomic E-state index is 5.94. The molecule has 3 fully saturated rings. The smallest absolute Gasteiger partial charge is 0.184 e. The summed E-state index contributed by atoms with van der Waals surface area (Å²) in [4.78, 5) is 0.378. The molecule has 0 radical (unpaired) electrons. The van der Waals surface area contributed by atoms with E-state index in [-0.39, 0.29) is 5.79 Å².